The van der Waals surface area contributed by atoms with Crippen molar-refractivity contribution in [1.82, 2.24) is 9.80 Å². The van der Waals surface area contributed by atoms with Crippen molar-refractivity contribution in [3.63, 3.8) is 0 Å². The van der Waals surface area contributed by atoms with E-state index in [-0.39, 0.29) is 11.7 Å². The molecule has 20 heavy (non-hydrogen) atoms. The molecule has 0 spiro atoms. The molecule has 4 nitrogen and oxygen atoms in total. The first kappa shape index (κ1) is 14.7. The second kappa shape index (κ2) is 5.76. The lowest BCUT2D eigenvalue weighted by atomic mass is 10.2. The summed E-state index contributed by atoms with van der Waals surface area (Å²) in [5.74, 6) is -0.465. The van der Waals surface area contributed by atoms with Gasteiger partial charge in [0.2, 0.25) is 0 Å². The van der Waals surface area contributed by atoms with Gasteiger partial charge in [-0.05, 0) is 32.3 Å². The van der Waals surface area contributed by atoms with Crippen LogP contribution in [0, 0.1) is 5.82 Å². The Morgan fingerprint density at radius 2 is 2.00 bits per heavy atom. The summed E-state index contributed by atoms with van der Waals surface area (Å²) in [5, 5.41) is 0.611. The summed E-state index contributed by atoms with van der Waals surface area (Å²) < 4.78 is 14.1. The fourth-order valence-electron chi connectivity index (χ4n) is 1.87. The quantitative estimate of drug-likeness (QED) is 0.941. The Bertz CT molecular complexity index is 639. The van der Waals surface area contributed by atoms with Crippen molar-refractivity contribution in [2.45, 2.75) is 0 Å². The number of amides is 1. The molecule has 108 valence electrons. The monoisotopic (exact) mass is 295 g/mol. The maximum absolute atomic E-state index is 13.2. The number of benzene rings is 1. The van der Waals surface area contributed by atoms with Crippen molar-refractivity contribution in [2.24, 2.45) is 0 Å². The van der Waals surface area contributed by atoms with Crippen LogP contribution in [0.25, 0.3) is 10.1 Å². The summed E-state index contributed by atoms with van der Waals surface area (Å²) in [5.41, 5.74) is 6.36. The molecule has 0 aliphatic rings. The third-order valence-electron chi connectivity index (χ3n) is 3.11. The van der Waals surface area contributed by atoms with Gasteiger partial charge in [-0.1, -0.05) is 0 Å². The van der Waals surface area contributed by atoms with Crippen molar-refractivity contribution in [3.05, 3.63) is 28.9 Å². The highest BCUT2D eigenvalue weighted by molar-refractivity contribution is 7.21. The van der Waals surface area contributed by atoms with E-state index in [1.165, 1.54) is 23.5 Å². The van der Waals surface area contributed by atoms with Gasteiger partial charge in [-0.3, -0.25) is 4.79 Å². The number of rotatable bonds is 4. The Kier molecular flexibility index (Phi) is 4.25. The smallest absolute Gasteiger partial charge is 0.265 e. The van der Waals surface area contributed by atoms with E-state index < -0.39 is 0 Å². The van der Waals surface area contributed by atoms with Crippen LogP contribution in [0.15, 0.2) is 18.2 Å². The molecular weight excluding hydrogens is 277 g/mol. The van der Waals surface area contributed by atoms with Crippen molar-refractivity contribution in [1.29, 1.82) is 0 Å². The van der Waals surface area contributed by atoms with Gasteiger partial charge >= 0.3 is 0 Å². The number of carbonyl (C=O) groups is 1. The SMILES string of the molecule is CN(C)CCN(C)C(=O)c1sc2ccc(F)cc2c1N. The Morgan fingerprint density at radius 3 is 2.65 bits per heavy atom. The van der Waals surface area contributed by atoms with Gasteiger partial charge in [0.05, 0.1) is 5.69 Å². The van der Waals surface area contributed by atoms with E-state index in [1.54, 1.807) is 18.0 Å². The zero-order valence-corrected chi connectivity index (χ0v) is 12.6. The van der Waals surface area contributed by atoms with E-state index in [9.17, 15) is 9.18 Å². The number of hydrogen-bond donors (Lipinski definition) is 1. The second-order valence-electron chi connectivity index (χ2n) is 5.02. The zero-order valence-electron chi connectivity index (χ0n) is 11.8. The molecule has 0 bridgehead atoms. The molecule has 0 atom stereocenters. The highest BCUT2D eigenvalue weighted by Gasteiger charge is 2.19. The van der Waals surface area contributed by atoms with E-state index in [1.807, 2.05) is 19.0 Å². The molecule has 0 fully saturated rings. The number of halogens is 1. The second-order valence-corrected chi connectivity index (χ2v) is 6.07. The van der Waals surface area contributed by atoms with Gasteiger partial charge in [-0.2, -0.15) is 0 Å². The van der Waals surface area contributed by atoms with E-state index in [0.717, 1.165) is 11.2 Å². The number of nitrogens with two attached hydrogens (primary N) is 1. The number of fused-ring (bicyclic) bond motifs is 1. The van der Waals surface area contributed by atoms with Gasteiger partial charge in [0, 0.05) is 30.2 Å². The lowest BCUT2D eigenvalue weighted by Crippen LogP contribution is -2.33. The number of likely N-dealkylation sites (N-methyl/N-ethyl adjacent to an activating group) is 2. The number of nitrogens with zero attached hydrogens (tertiary/aromatic N) is 2. The molecule has 2 rings (SSSR count). The topological polar surface area (TPSA) is 49.6 Å². The van der Waals surface area contributed by atoms with Crippen LogP contribution in [0.2, 0.25) is 0 Å². The highest BCUT2D eigenvalue weighted by atomic mass is 32.1. The van der Waals surface area contributed by atoms with Crippen LogP contribution in [-0.4, -0.2) is 49.9 Å². The molecule has 2 N–H and O–H groups in total. The van der Waals surface area contributed by atoms with Gasteiger partial charge in [-0.25, -0.2) is 4.39 Å². The number of thiophene rings is 1. The molecule has 0 aliphatic heterocycles. The Hall–Kier alpha value is -1.66. The molecule has 1 amide bonds. The average Bonchev–Trinajstić information content (AvgIpc) is 2.72. The summed E-state index contributed by atoms with van der Waals surface area (Å²) in [7, 11) is 5.65. The molecule has 6 heteroatoms. The molecule has 0 aliphatic carbocycles. The summed E-state index contributed by atoms with van der Waals surface area (Å²) >= 11 is 1.31. The van der Waals surface area contributed by atoms with Gasteiger partial charge in [0.15, 0.2) is 0 Å². The fourth-order valence-corrected chi connectivity index (χ4v) is 2.97. The van der Waals surface area contributed by atoms with Gasteiger partial charge < -0.3 is 15.5 Å². The van der Waals surface area contributed by atoms with Crippen LogP contribution in [0.1, 0.15) is 9.67 Å². The van der Waals surface area contributed by atoms with Crippen molar-refractivity contribution in [3.8, 4) is 0 Å². The predicted octanol–water partition coefficient (Wildman–Crippen LogP) is 2.26. The number of nitrogen functional groups attached to an aromatic ring is 1. The molecule has 2 aromatic rings. The summed E-state index contributed by atoms with van der Waals surface area (Å²) in [6.45, 7) is 1.40. The first-order valence-electron chi connectivity index (χ1n) is 6.28. The van der Waals surface area contributed by atoms with Crippen LogP contribution in [-0.2, 0) is 0 Å². The van der Waals surface area contributed by atoms with E-state index in [4.69, 9.17) is 5.73 Å². The van der Waals surface area contributed by atoms with Gasteiger partial charge in [0.1, 0.15) is 10.7 Å². The van der Waals surface area contributed by atoms with Crippen LogP contribution in [0.3, 0.4) is 0 Å². The predicted molar refractivity (Wildman–Crippen MR) is 81.7 cm³/mol. The minimum absolute atomic E-state index is 0.119. The lowest BCUT2D eigenvalue weighted by molar-refractivity contribution is 0.0792. The van der Waals surface area contributed by atoms with Crippen molar-refractivity contribution in [2.75, 3.05) is 40.0 Å². The van der Waals surface area contributed by atoms with Crippen LogP contribution in [0.5, 0.6) is 0 Å². The molecule has 1 aromatic heterocycles. The number of carbonyl (C=O) groups excluding carboxylic acids is 1. The lowest BCUT2D eigenvalue weighted by Gasteiger charge is -2.19. The molecule has 0 unspecified atom stereocenters. The summed E-state index contributed by atoms with van der Waals surface area (Å²) in [4.78, 5) is 16.5. The van der Waals surface area contributed by atoms with Crippen molar-refractivity contribution >= 4 is 33.0 Å². The number of hydrogen-bond acceptors (Lipinski definition) is 4. The molecule has 1 aromatic carbocycles. The van der Waals surface area contributed by atoms with E-state index in [2.05, 4.69) is 0 Å². The van der Waals surface area contributed by atoms with Crippen LogP contribution in [0.4, 0.5) is 10.1 Å². The maximum Gasteiger partial charge on any atom is 0.265 e. The van der Waals surface area contributed by atoms with E-state index in [0.29, 0.717) is 22.5 Å². The van der Waals surface area contributed by atoms with Crippen LogP contribution >= 0.6 is 11.3 Å². The first-order valence-corrected chi connectivity index (χ1v) is 7.09. The third-order valence-corrected chi connectivity index (χ3v) is 4.29. The number of anilines is 1. The maximum atomic E-state index is 13.2. The Labute approximate surface area is 121 Å². The molecular formula is C14H18FN3OS. The van der Waals surface area contributed by atoms with Gasteiger partial charge in [0.25, 0.3) is 5.91 Å². The fraction of sp³-hybridized carbons (Fsp3) is 0.357. The normalized spacial score (nSPS) is 11.2. The minimum Gasteiger partial charge on any atom is -0.397 e. The summed E-state index contributed by atoms with van der Waals surface area (Å²) in [6.07, 6.45) is 0. The first-order chi connectivity index (χ1) is 9.40. The standard InChI is InChI=1S/C14H18FN3OS/c1-17(2)6-7-18(3)14(19)13-12(16)10-8-9(15)4-5-11(10)20-13/h4-5,8H,6-7,16H2,1-3H3. The van der Waals surface area contributed by atoms with E-state index >= 15 is 0 Å². The molecule has 1 heterocycles. The molecule has 0 radical (unpaired) electrons. The largest absolute Gasteiger partial charge is 0.397 e. The van der Waals surface area contributed by atoms with Crippen molar-refractivity contribution < 1.29 is 9.18 Å². The zero-order chi connectivity index (χ0) is 14.9. The molecule has 0 saturated heterocycles. The van der Waals surface area contributed by atoms with Crippen LogP contribution < -0.4 is 5.73 Å². The third kappa shape index (κ3) is 2.91. The Morgan fingerprint density at radius 1 is 1.30 bits per heavy atom. The van der Waals surface area contributed by atoms with Gasteiger partial charge in [-0.15, -0.1) is 11.3 Å². The minimum atomic E-state index is -0.345. The molecule has 0 saturated carbocycles. The Balaban J connectivity index is 2.28. The average molecular weight is 295 g/mol. The highest BCUT2D eigenvalue weighted by Crippen LogP contribution is 2.34. The summed E-state index contributed by atoms with van der Waals surface area (Å²) in [6, 6.07) is 4.41.